The lowest BCUT2D eigenvalue weighted by molar-refractivity contribution is -0.153. The number of ether oxygens (including phenoxy) is 2. The van der Waals surface area contributed by atoms with Gasteiger partial charge in [0.1, 0.15) is 12.7 Å². The van der Waals surface area contributed by atoms with Crippen molar-refractivity contribution < 1.29 is 19.1 Å². The van der Waals surface area contributed by atoms with Gasteiger partial charge in [-0.05, 0) is 18.8 Å². The monoisotopic (exact) mass is 296 g/mol. The highest BCUT2D eigenvalue weighted by Crippen LogP contribution is 2.26. The van der Waals surface area contributed by atoms with E-state index in [1.165, 1.54) is 0 Å². The second-order valence-electron chi connectivity index (χ2n) is 6.60. The molecule has 3 aliphatic rings. The van der Waals surface area contributed by atoms with Crippen molar-refractivity contribution in [3.8, 4) is 0 Å². The molecule has 0 radical (unpaired) electrons. The smallest absolute Gasteiger partial charge is 0.251 e. The fourth-order valence-corrected chi connectivity index (χ4v) is 3.45. The standard InChI is InChI=1S/C15H24N2O4/c1-10(2)6-17-11-7-16(8-13(11)21-9-14(17)18)15(19)12-4-3-5-20-12/h10-13H,3-9H2,1-2H3/t11-,12-,13-/m1/s1. The van der Waals surface area contributed by atoms with Gasteiger partial charge >= 0.3 is 0 Å². The molecule has 2 amide bonds. The number of carbonyl (C=O) groups is 2. The van der Waals surface area contributed by atoms with Crippen LogP contribution in [0.25, 0.3) is 0 Å². The molecule has 0 aromatic carbocycles. The minimum atomic E-state index is -0.292. The second-order valence-corrected chi connectivity index (χ2v) is 6.60. The van der Waals surface area contributed by atoms with Gasteiger partial charge in [0, 0.05) is 26.2 Å². The van der Waals surface area contributed by atoms with E-state index in [2.05, 4.69) is 13.8 Å². The van der Waals surface area contributed by atoms with Crippen molar-refractivity contribution >= 4 is 11.8 Å². The Labute approximate surface area is 125 Å². The van der Waals surface area contributed by atoms with Crippen LogP contribution >= 0.6 is 0 Å². The molecule has 0 bridgehead atoms. The molecule has 3 atom stereocenters. The zero-order chi connectivity index (χ0) is 15.0. The van der Waals surface area contributed by atoms with Crippen LogP contribution in [0.5, 0.6) is 0 Å². The summed E-state index contributed by atoms with van der Waals surface area (Å²) in [7, 11) is 0. The largest absolute Gasteiger partial charge is 0.368 e. The number of fused-ring (bicyclic) bond motifs is 1. The molecule has 0 N–H and O–H groups in total. The lowest BCUT2D eigenvalue weighted by atomic mass is 10.1. The molecule has 6 heteroatoms. The maximum Gasteiger partial charge on any atom is 0.251 e. The van der Waals surface area contributed by atoms with Crippen molar-refractivity contribution in [1.29, 1.82) is 0 Å². The molecular weight excluding hydrogens is 272 g/mol. The summed E-state index contributed by atoms with van der Waals surface area (Å²) >= 11 is 0. The Balaban J connectivity index is 1.67. The Morgan fingerprint density at radius 1 is 1.33 bits per heavy atom. The fraction of sp³-hybridized carbons (Fsp3) is 0.867. The van der Waals surface area contributed by atoms with Crippen LogP contribution in [-0.4, -0.2) is 72.7 Å². The van der Waals surface area contributed by atoms with Crippen molar-refractivity contribution in [2.45, 2.75) is 44.9 Å². The van der Waals surface area contributed by atoms with Gasteiger partial charge < -0.3 is 19.3 Å². The fourth-order valence-electron chi connectivity index (χ4n) is 3.45. The zero-order valence-electron chi connectivity index (χ0n) is 12.8. The molecule has 3 saturated heterocycles. The first-order chi connectivity index (χ1) is 10.1. The average Bonchev–Trinajstić information content (AvgIpc) is 3.09. The number of carbonyl (C=O) groups excluding carboxylic acids is 2. The molecule has 3 rings (SSSR count). The second kappa shape index (κ2) is 5.93. The number of nitrogens with zero attached hydrogens (tertiary/aromatic N) is 2. The van der Waals surface area contributed by atoms with Crippen LogP contribution < -0.4 is 0 Å². The summed E-state index contributed by atoms with van der Waals surface area (Å²) in [5.41, 5.74) is 0. The Morgan fingerprint density at radius 2 is 2.14 bits per heavy atom. The van der Waals surface area contributed by atoms with Crippen LogP contribution in [0.3, 0.4) is 0 Å². The van der Waals surface area contributed by atoms with E-state index in [4.69, 9.17) is 9.47 Å². The van der Waals surface area contributed by atoms with E-state index >= 15 is 0 Å². The van der Waals surface area contributed by atoms with Crippen LogP contribution in [0.1, 0.15) is 26.7 Å². The van der Waals surface area contributed by atoms with Crippen LogP contribution in [-0.2, 0) is 19.1 Å². The Bertz CT molecular complexity index is 420. The summed E-state index contributed by atoms with van der Waals surface area (Å²) in [6, 6.07) is -0.000923. The number of hydrogen-bond donors (Lipinski definition) is 0. The lowest BCUT2D eigenvalue weighted by Crippen LogP contribution is -2.55. The van der Waals surface area contributed by atoms with Crippen LogP contribution in [0.2, 0.25) is 0 Å². The van der Waals surface area contributed by atoms with Gasteiger partial charge in [-0.25, -0.2) is 0 Å². The van der Waals surface area contributed by atoms with E-state index in [0.29, 0.717) is 25.6 Å². The SMILES string of the molecule is CC(C)CN1C(=O)CO[C@@H]2CN(C(=O)[C@H]3CCCO3)C[C@H]21. The van der Waals surface area contributed by atoms with Gasteiger partial charge in [-0.3, -0.25) is 9.59 Å². The van der Waals surface area contributed by atoms with Gasteiger partial charge in [-0.15, -0.1) is 0 Å². The predicted molar refractivity (Wildman–Crippen MR) is 75.6 cm³/mol. The quantitative estimate of drug-likeness (QED) is 0.749. The highest BCUT2D eigenvalue weighted by molar-refractivity contribution is 5.82. The van der Waals surface area contributed by atoms with Gasteiger partial charge in [-0.2, -0.15) is 0 Å². The molecular formula is C15H24N2O4. The average molecular weight is 296 g/mol. The predicted octanol–water partition coefficient (Wildman–Crippen LogP) is 0.260. The molecule has 21 heavy (non-hydrogen) atoms. The highest BCUT2D eigenvalue weighted by Gasteiger charge is 2.45. The normalized spacial score (nSPS) is 32.9. The molecule has 6 nitrogen and oxygen atoms in total. The molecule has 0 spiro atoms. The summed E-state index contributed by atoms with van der Waals surface area (Å²) in [6.45, 7) is 6.88. The summed E-state index contributed by atoms with van der Waals surface area (Å²) in [4.78, 5) is 28.2. The van der Waals surface area contributed by atoms with Gasteiger partial charge in [0.25, 0.3) is 5.91 Å². The zero-order valence-corrected chi connectivity index (χ0v) is 12.8. The van der Waals surface area contributed by atoms with Crippen LogP contribution in [0.4, 0.5) is 0 Å². The molecule has 0 aromatic heterocycles. The van der Waals surface area contributed by atoms with Gasteiger partial charge in [0.15, 0.2) is 0 Å². The first-order valence-corrected chi connectivity index (χ1v) is 7.87. The van der Waals surface area contributed by atoms with Gasteiger partial charge in [-0.1, -0.05) is 13.8 Å². The number of amides is 2. The summed E-state index contributed by atoms with van der Waals surface area (Å²) in [5, 5.41) is 0. The van der Waals surface area contributed by atoms with Crippen molar-refractivity contribution in [2.24, 2.45) is 5.92 Å². The molecule has 3 fully saturated rings. The van der Waals surface area contributed by atoms with Crippen molar-refractivity contribution in [3.63, 3.8) is 0 Å². The summed E-state index contributed by atoms with van der Waals surface area (Å²) < 4.78 is 11.1. The van der Waals surface area contributed by atoms with Crippen LogP contribution in [0.15, 0.2) is 0 Å². The van der Waals surface area contributed by atoms with E-state index in [-0.39, 0.29) is 36.7 Å². The Morgan fingerprint density at radius 3 is 2.81 bits per heavy atom. The Kier molecular flexibility index (Phi) is 4.17. The third kappa shape index (κ3) is 2.92. The topological polar surface area (TPSA) is 59.1 Å². The molecule has 0 saturated carbocycles. The van der Waals surface area contributed by atoms with Gasteiger partial charge in [0.05, 0.1) is 12.1 Å². The molecule has 3 heterocycles. The minimum Gasteiger partial charge on any atom is -0.368 e. The van der Waals surface area contributed by atoms with Crippen LogP contribution in [0, 0.1) is 5.92 Å². The van der Waals surface area contributed by atoms with E-state index in [1.807, 2.05) is 9.80 Å². The third-order valence-electron chi connectivity index (χ3n) is 4.46. The molecule has 3 aliphatic heterocycles. The number of morpholine rings is 1. The first kappa shape index (κ1) is 14.8. The van der Waals surface area contributed by atoms with Crippen molar-refractivity contribution in [1.82, 2.24) is 9.80 Å². The Hall–Kier alpha value is -1.14. The van der Waals surface area contributed by atoms with E-state index < -0.39 is 0 Å². The van der Waals surface area contributed by atoms with Crippen molar-refractivity contribution in [3.05, 3.63) is 0 Å². The first-order valence-electron chi connectivity index (χ1n) is 7.87. The summed E-state index contributed by atoms with van der Waals surface area (Å²) in [6.07, 6.45) is 1.41. The maximum absolute atomic E-state index is 12.4. The lowest BCUT2D eigenvalue weighted by Gasteiger charge is -2.37. The number of hydrogen-bond acceptors (Lipinski definition) is 4. The molecule has 0 aliphatic carbocycles. The minimum absolute atomic E-state index is 0.000923. The summed E-state index contributed by atoms with van der Waals surface area (Å²) in [5.74, 6) is 0.509. The van der Waals surface area contributed by atoms with Crippen molar-refractivity contribution in [2.75, 3.05) is 32.8 Å². The van der Waals surface area contributed by atoms with E-state index in [1.54, 1.807) is 0 Å². The molecule has 0 aromatic rings. The molecule has 118 valence electrons. The van der Waals surface area contributed by atoms with E-state index in [9.17, 15) is 9.59 Å². The van der Waals surface area contributed by atoms with E-state index in [0.717, 1.165) is 19.4 Å². The maximum atomic E-state index is 12.4. The van der Waals surface area contributed by atoms with Gasteiger partial charge in [0.2, 0.25) is 5.91 Å². The number of rotatable bonds is 3. The number of likely N-dealkylation sites (tertiary alicyclic amines) is 1. The third-order valence-corrected chi connectivity index (χ3v) is 4.46. The highest BCUT2D eigenvalue weighted by atomic mass is 16.5. The molecule has 0 unspecified atom stereocenters.